The van der Waals surface area contributed by atoms with E-state index in [4.69, 9.17) is 4.74 Å². The van der Waals surface area contributed by atoms with Crippen LogP contribution in [-0.4, -0.2) is 17.6 Å². The Labute approximate surface area is 119 Å². The highest BCUT2D eigenvalue weighted by atomic mass is 16.5. The maximum Gasteiger partial charge on any atom is 0.355 e. The molecule has 0 unspecified atom stereocenters. The topological polar surface area (TPSA) is 58.7 Å². The van der Waals surface area contributed by atoms with Crippen molar-refractivity contribution in [1.82, 2.24) is 4.98 Å². The van der Waals surface area contributed by atoms with Gasteiger partial charge in [0.2, 0.25) is 0 Å². The van der Waals surface area contributed by atoms with E-state index in [-0.39, 0.29) is 5.97 Å². The molecule has 0 bridgehead atoms. The molecular weight excluding hydrogens is 252 g/mol. The second kappa shape index (κ2) is 6.39. The normalized spacial score (nSPS) is 10.6. The number of quaternary nitrogens is 1. The van der Waals surface area contributed by atoms with E-state index in [1.807, 2.05) is 39.0 Å². The zero-order chi connectivity index (χ0) is 14.5. The molecule has 0 aliphatic heterocycles. The highest BCUT2D eigenvalue weighted by Crippen LogP contribution is 2.18. The minimum atomic E-state index is -0.279. The molecule has 106 valence electrons. The van der Waals surface area contributed by atoms with Crippen LogP contribution in [0.25, 0.3) is 0 Å². The molecule has 0 spiro atoms. The lowest BCUT2D eigenvalue weighted by Gasteiger charge is -2.03. The second-order valence-corrected chi connectivity index (χ2v) is 4.77. The van der Waals surface area contributed by atoms with E-state index in [0.29, 0.717) is 12.3 Å². The zero-order valence-electron chi connectivity index (χ0n) is 12.2. The highest BCUT2D eigenvalue weighted by Gasteiger charge is 2.19. The number of aromatic nitrogens is 1. The molecule has 1 heterocycles. The molecule has 4 heteroatoms. The van der Waals surface area contributed by atoms with Crippen LogP contribution in [0.5, 0.6) is 0 Å². The molecule has 2 aromatic rings. The third-order valence-corrected chi connectivity index (χ3v) is 3.41. The van der Waals surface area contributed by atoms with Crippen molar-refractivity contribution in [3.05, 3.63) is 52.8 Å². The average molecular weight is 273 g/mol. The summed E-state index contributed by atoms with van der Waals surface area (Å²) in [5.74, 6) is -0.279. The Bertz CT molecular complexity index is 588. The maximum absolute atomic E-state index is 11.8. The average Bonchev–Trinajstić information content (AvgIpc) is 2.73. The van der Waals surface area contributed by atoms with Gasteiger partial charge in [0.05, 0.1) is 6.61 Å². The summed E-state index contributed by atoms with van der Waals surface area (Å²) in [6, 6.07) is 10.2. The first-order valence-corrected chi connectivity index (χ1v) is 6.87. The van der Waals surface area contributed by atoms with E-state index in [0.717, 1.165) is 23.4 Å². The number of nitrogens with two attached hydrogens (primary N) is 1. The van der Waals surface area contributed by atoms with Gasteiger partial charge in [-0.2, -0.15) is 0 Å². The zero-order valence-corrected chi connectivity index (χ0v) is 12.2. The Balaban J connectivity index is 2.14. The fraction of sp³-hybridized carbons (Fsp3) is 0.312. The van der Waals surface area contributed by atoms with E-state index >= 15 is 0 Å². The van der Waals surface area contributed by atoms with Gasteiger partial charge in [-0.05, 0) is 38.5 Å². The SMILES string of the molecule is CCOC(=O)c1[nH]c(C)c(C[NH2+]c2ccccc2)c1C. The van der Waals surface area contributed by atoms with Crippen molar-refractivity contribution in [2.75, 3.05) is 6.61 Å². The number of rotatable bonds is 5. The van der Waals surface area contributed by atoms with Crippen LogP contribution in [-0.2, 0) is 11.3 Å². The first-order chi connectivity index (χ1) is 9.63. The van der Waals surface area contributed by atoms with E-state index < -0.39 is 0 Å². The lowest BCUT2D eigenvalue weighted by Crippen LogP contribution is -2.76. The lowest BCUT2D eigenvalue weighted by molar-refractivity contribution is -0.588. The van der Waals surface area contributed by atoms with Gasteiger partial charge in [-0.3, -0.25) is 0 Å². The van der Waals surface area contributed by atoms with Gasteiger partial charge in [-0.1, -0.05) is 18.2 Å². The molecule has 0 saturated carbocycles. The van der Waals surface area contributed by atoms with Crippen LogP contribution in [0.15, 0.2) is 30.3 Å². The fourth-order valence-corrected chi connectivity index (χ4v) is 2.31. The summed E-state index contributed by atoms with van der Waals surface area (Å²) in [6.45, 7) is 6.96. The number of hydrogen-bond donors (Lipinski definition) is 2. The van der Waals surface area contributed by atoms with E-state index in [1.54, 1.807) is 0 Å². The second-order valence-electron chi connectivity index (χ2n) is 4.77. The maximum atomic E-state index is 11.8. The number of para-hydroxylation sites is 1. The van der Waals surface area contributed by atoms with Crippen molar-refractivity contribution < 1.29 is 14.8 Å². The number of carbonyl (C=O) groups is 1. The Morgan fingerprint density at radius 2 is 1.95 bits per heavy atom. The molecule has 0 saturated heterocycles. The van der Waals surface area contributed by atoms with Gasteiger partial charge < -0.3 is 15.0 Å². The van der Waals surface area contributed by atoms with Crippen LogP contribution in [0.4, 0.5) is 5.69 Å². The summed E-state index contributed by atoms with van der Waals surface area (Å²) in [5.41, 5.74) is 4.92. The van der Waals surface area contributed by atoms with Crippen molar-refractivity contribution in [3.63, 3.8) is 0 Å². The van der Waals surface area contributed by atoms with Crippen LogP contribution in [0.1, 0.15) is 34.2 Å². The van der Waals surface area contributed by atoms with Gasteiger partial charge >= 0.3 is 5.97 Å². The van der Waals surface area contributed by atoms with Crippen molar-refractivity contribution in [3.8, 4) is 0 Å². The number of nitrogens with one attached hydrogen (secondary N) is 1. The summed E-state index contributed by atoms with van der Waals surface area (Å²) in [6.07, 6.45) is 0. The standard InChI is InChI=1S/C16H20N2O2/c1-4-20-16(19)15-11(2)14(12(3)18-15)10-17-13-8-6-5-7-9-13/h5-9,17-18H,4,10H2,1-3H3/p+1. The molecule has 0 aliphatic carbocycles. The molecule has 20 heavy (non-hydrogen) atoms. The molecule has 0 radical (unpaired) electrons. The molecule has 0 aliphatic rings. The number of ether oxygens (including phenoxy) is 1. The number of H-pyrrole nitrogens is 1. The third-order valence-electron chi connectivity index (χ3n) is 3.41. The molecule has 0 fully saturated rings. The summed E-state index contributed by atoms with van der Waals surface area (Å²) < 4.78 is 5.06. The quantitative estimate of drug-likeness (QED) is 0.648. The van der Waals surface area contributed by atoms with Gasteiger partial charge in [-0.25, -0.2) is 4.79 Å². The largest absolute Gasteiger partial charge is 0.461 e. The van der Waals surface area contributed by atoms with Gasteiger partial charge in [0.1, 0.15) is 17.9 Å². The first kappa shape index (κ1) is 14.3. The minimum Gasteiger partial charge on any atom is -0.461 e. The van der Waals surface area contributed by atoms with Gasteiger partial charge in [-0.15, -0.1) is 0 Å². The minimum absolute atomic E-state index is 0.279. The molecule has 1 aromatic carbocycles. The predicted octanol–water partition coefficient (Wildman–Crippen LogP) is 2.20. The van der Waals surface area contributed by atoms with Crippen molar-refractivity contribution >= 4 is 11.7 Å². The third kappa shape index (κ3) is 3.08. The van der Waals surface area contributed by atoms with Crippen LogP contribution in [0.2, 0.25) is 0 Å². The Morgan fingerprint density at radius 1 is 1.25 bits per heavy atom. The Morgan fingerprint density at radius 3 is 2.60 bits per heavy atom. The van der Waals surface area contributed by atoms with Gasteiger partial charge in [0.25, 0.3) is 0 Å². The van der Waals surface area contributed by atoms with Crippen LogP contribution in [0, 0.1) is 13.8 Å². The molecular formula is C16H21N2O2+. The summed E-state index contributed by atoms with van der Waals surface area (Å²) in [5, 5.41) is 2.16. The Kier molecular flexibility index (Phi) is 4.58. The molecule has 2 rings (SSSR count). The molecule has 3 N–H and O–H groups in total. The lowest BCUT2D eigenvalue weighted by atomic mass is 10.1. The van der Waals surface area contributed by atoms with Gasteiger partial charge in [0.15, 0.2) is 0 Å². The number of aryl methyl sites for hydroxylation is 1. The highest BCUT2D eigenvalue weighted by molar-refractivity contribution is 5.89. The van der Waals surface area contributed by atoms with Crippen molar-refractivity contribution in [1.29, 1.82) is 0 Å². The number of carbonyl (C=O) groups excluding carboxylic acids is 1. The van der Waals surface area contributed by atoms with E-state index in [2.05, 4.69) is 22.4 Å². The van der Waals surface area contributed by atoms with Crippen molar-refractivity contribution in [2.24, 2.45) is 0 Å². The van der Waals surface area contributed by atoms with E-state index in [1.165, 1.54) is 5.69 Å². The van der Waals surface area contributed by atoms with Crippen LogP contribution in [0.3, 0.4) is 0 Å². The Hall–Kier alpha value is -2.07. The summed E-state index contributed by atoms with van der Waals surface area (Å²) in [7, 11) is 0. The summed E-state index contributed by atoms with van der Waals surface area (Å²) >= 11 is 0. The smallest absolute Gasteiger partial charge is 0.355 e. The van der Waals surface area contributed by atoms with Crippen LogP contribution < -0.4 is 5.32 Å². The summed E-state index contributed by atoms with van der Waals surface area (Å²) in [4.78, 5) is 15.0. The molecule has 1 aromatic heterocycles. The number of hydrogen-bond acceptors (Lipinski definition) is 2. The van der Waals surface area contributed by atoms with Gasteiger partial charge in [0, 0.05) is 11.3 Å². The molecule has 0 atom stereocenters. The molecule has 4 nitrogen and oxygen atoms in total. The number of esters is 1. The van der Waals surface area contributed by atoms with E-state index in [9.17, 15) is 4.79 Å². The molecule has 0 amide bonds. The van der Waals surface area contributed by atoms with Crippen LogP contribution >= 0.6 is 0 Å². The monoisotopic (exact) mass is 273 g/mol. The number of benzene rings is 1. The van der Waals surface area contributed by atoms with Crippen molar-refractivity contribution in [2.45, 2.75) is 27.3 Å². The fourth-order valence-electron chi connectivity index (χ4n) is 2.31. The number of aromatic amines is 1. The first-order valence-electron chi connectivity index (χ1n) is 6.87. The predicted molar refractivity (Wildman–Crippen MR) is 78.0 cm³/mol.